The summed E-state index contributed by atoms with van der Waals surface area (Å²) in [5.41, 5.74) is 1.87. The van der Waals surface area contributed by atoms with Crippen LogP contribution in [0.4, 0.5) is 5.95 Å². The largest absolute Gasteiger partial charge is 0.395 e. The lowest BCUT2D eigenvalue weighted by Crippen LogP contribution is -2.28. The molecule has 1 aromatic rings. The molecular formula is C11H17N3O. The van der Waals surface area contributed by atoms with Gasteiger partial charge >= 0.3 is 0 Å². The Morgan fingerprint density at radius 1 is 1.40 bits per heavy atom. The number of hydrogen-bond acceptors (Lipinski definition) is 4. The average Bonchev–Trinajstić information content (AvgIpc) is 2.16. The van der Waals surface area contributed by atoms with E-state index in [-0.39, 0.29) is 6.61 Å². The lowest BCUT2D eigenvalue weighted by molar-refractivity contribution is 0.302. The van der Waals surface area contributed by atoms with Gasteiger partial charge in [-0.05, 0) is 19.9 Å². The number of aryl methyl sites for hydroxylation is 2. The molecule has 0 saturated carbocycles. The van der Waals surface area contributed by atoms with Crippen LogP contribution in [0, 0.1) is 13.8 Å². The molecule has 0 atom stereocenters. The van der Waals surface area contributed by atoms with Crippen molar-refractivity contribution in [3.8, 4) is 0 Å². The normalized spacial score (nSPS) is 10.1. The summed E-state index contributed by atoms with van der Waals surface area (Å²) in [5.74, 6) is 0.654. The van der Waals surface area contributed by atoms with E-state index in [1.54, 1.807) is 6.08 Å². The molecule has 0 unspecified atom stereocenters. The van der Waals surface area contributed by atoms with Gasteiger partial charge in [0.1, 0.15) is 0 Å². The Labute approximate surface area is 90.3 Å². The highest BCUT2D eigenvalue weighted by molar-refractivity contribution is 5.33. The maximum Gasteiger partial charge on any atom is 0.226 e. The zero-order valence-corrected chi connectivity index (χ0v) is 9.27. The lowest BCUT2D eigenvalue weighted by atomic mass is 10.3. The Kier molecular flexibility index (Phi) is 4.24. The summed E-state index contributed by atoms with van der Waals surface area (Å²) in [5, 5.41) is 8.93. The molecule has 0 bridgehead atoms. The zero-order valence-electron chi connectivity index (χ0n) is 9.27. The second-order valence-electron chi connectivity index (χ2n) is 3.41. The van der Waals surface area contributed by atoms with E-state index in [4.69, 9.17) is 5.11 Å². The summed E-state index contributed by atoms with van der Waals surface area (Å²) in [7, 11) is 0. The minimum atomic E-state index is 0.0875. The van der Waals surface area contributed by atoms with Crippen molar-refractivity contribution in [3.05, 3.63) is 30.1 Å². The van der Waals surface area contributed by atoms with Gasteiger partial charge in [0.05, 0.1) is 6.61 Å². The van der Waals surface area contributed by atoms with Crippen LogP contribution >= 0.6 is 0 Å². The van der Waals surface area contributed by atoms with Crippen molar-refractivity contribution in [2.75, 3.05) is 24.6 Å². The van der Waals surface area contributed by atoms with E-state index in [1.807, 2.05) is 24.8 Å². The fraction of sp³-hybridized carbons (Fsp3) is 0.455. The number of nitrogens with zero attached hydrogens (tertiary/aromatic N) is 3. The first-order valence-electron chi connectivity index (χ1n) is 4.96. The average molecular weight is 207 g/mol. The van der Waals surface area contributed by atoms with Crippen LogP contribution in [-0.2, 0) is 0 Å². The van der Waals surface area contributed by atoms with Crippen LogP contribution in [0.2, 0.25) is 0 Å². The standard InChI is InChI=1S/C11H17N3O/c1-4-5-14(6-7-15)11-12-9(2)8-10(3)13-11/h4,8,15H,1,5-7H2,2-3H3. The summed E-state index contributed by atoms with van der Waals surface area (Å²) in [4.78, 5) is 10.6. The van der Waals surface area contributed by atoms with E-state index in [2.05, 4.69) is 16.5 Å². The van der Waals surface area contributed by atoms with Gasteiger partial charge in [0.2, 0.25) is 5.95 Å². The second kappa shape index (κ2) is 5.46. The minimum absolute atomic E-state index is 0.0875. The molecule has 1 heterocycles. The van der Waals surface area contributed by atoms with E-state index >= 15 is 0 Å². The van der Waals surface area contributed by atoms with E-state index in [1.165, 1.54) is 0 Å². The molecule has 1 N–H and O–H groups in total. The molecule has 0 saturated heterocycles. The third kappa shape index (κ3) is 3.32. The minimum Gasteiger partial charge on any atom is -0.395 e. The Bertz CT molecular complexity index is 318. The second-order valence-corrected chi connectivity index (χ2v) is 3.41. The maximum absolute atomic E-state index is 8.93. The molecule has 0 radical (unpaired) electrons. The first-order valence-corrected chi connectivity index (χ1v) is 4.96. The number of aliphatic hydroxyl groups is 1. The molecule has 0 aliphatic carbocycles. The molecule has 0 aliphatic heterocycles. The molecular weight excluding hydrogens is 190 g/mol. The molecule has 15 heavy (non-hydrogen) atoms. The highest BCUT2D eigenvalue weighted by Crippen LogP contribution is 2.09. The molecule has 1 rings (SSSR count). The van der Waals surface area contributed by atoms with Crippen LogP contribution in [0.15, 0.2) is 18.7 Å². The van der Waals surface area contributed by atoms with Crippen LogP contribution in [-0.4, -0.2) is 34.8 Å². The Balaban J connectivity index is 2.93. The van der Waals surface area contributed by atoms with E-state index < -0.39 is 0 Å². The predicted molar refractivity (Wildman–Crippen MR) is 61.0 cm³/mol. The fourth-order valence-corrected chi connectivity index (χ4v) is 1.40. The molecule has 0 aromatic carbocycles. The van der Waals surface area contributed by atoms with Crippen molar-refractivity contribution in [2.24, 2.45) is 0 Å². The van der Waals surface area contributed by atoms with Crippen molar-refractivity contribution in [1.29, 1.82) is 0 Å². The van der Waals surface area contributed by atoms with Gasteiger partial charge in [0, 0.05) is 24.5 Å². The molecule has 0 fully saturated rings. The molecule has 1 aromatic heterocycles. The summed E-state index contributed by atoms with van der Waals surface area (Å²) in [6, 6.07) is 1.93. The number of hydrogen-bond donors (Lipinski definition) is 1. The van der Waals surface area contributed by atoms with Crippen LogP contribution in [0.1, 0.15) is 11.4 Å². The van der Waals surface area contributed by atoms with Crippen LogP contribution in [0.5, 0.6) is 0 Å². The fourth-order valence-electron chi connectivity index (χ4n) is 1.40. The summed E-state index contributed by atoms with van der Waals surface area (Å²) in [6.07, 6.45) is 1.77. The third-order valence-electron chi connectivity index (χ3n) is 1.97. The van der Waals surface area contributed by atoms with Crippen LogP contribution < -0.4 is 4.90 Å². The maximum atomic E-state index is 8.93. The van der Waals surface area contributed by atoms with Crippen LogP contribution in [0.3, 0.4) is 0 Å². The van der Waals surface area contributed by atoms with Crippen molar-refractivity contribution in [1.82, 2.24) is 9.97 Å². The summed E-state index contributed by atoms with van der Waals surface area (Å²) in [6.45, 7) is 8.79. The van der Waals surface area contributed by atoms with Crippen molar-refractivity contribution in [3.63, 3.8) is 0 Å². The topological polar surface area (TPSA) is 49.2 Å². The quantitative estimate of drug-likeness (QED) is 0.734. The van der Waals surface area contributed by atoms with E-state index in [0.29, 0.717) is 19.0 Å². The van der Waals surface area contributed by atoms with Gasteiger partial charge in [-0.25, -0.2) is 9.97 Å². The van der Waals surface area contributed by atoms with Gasteiger partial charge in [-0.2, -0.15) is 0 Å². The van der Waals surface area contributed by atoms with E-state index in [9.17, 15) is 0 Å². The Morgan fingerprint density at radius 3 is 2.47 bits per heavy atom. The van der Waals surface area contributed by atoms with Crippen molar-refractivity contribution < 1.29 is 5.11 Å². The number of rotatable bonds is 5. The summed E-state index contributed by atoms with van der Waals surface area (Å²) < 4.78 is 0. The highest BCUT2D eigenvalue weighted by Gasteiger charge is 2.07. The molecule has 0 amide bonds. The highest BCUT2D eigenvalue weighted by atomic mass is 16.3. The first-order chi connectivity index (χ1) is 7.17. The summed E-state index contributed by atoms with van der Waals surface area (Å²) >= 11 is 0. The number of aliphatic hydroxyl groups excluding tert-OH is 1. The van der Waals surface area contributed by atoms with Gasteiger partial charge in [-0.15, -0.1) is 6.58 Å². The first kappa shape index (κ1) is 11.7. The molecule has 4 nitrogen and oxygen atoms in total. The van der Waals surface area contributed by atoms with E-state index in [0.717, 1.165) is 11.4 Å². The molecule has 0 spiro atoms. The molecule has 0 aliphatic rings. The Hall–Kier alpha value is -1.42. The third-order valence-corrected chi connectivity index (χ3v) is 1.97. The van der Waals surface area contributed by atoms with Crippen LogP contribution in [0.25, 0.3) is 0 Å². The van der Waals surface area contributed by atoms with Crippen molar-refractivity contribution in [2.45, 2.75) is 13.8 Å². The monoisotopic (exact) mass is 207 g/mol. The predicted octanol–water partition coefficient (Wildman–Crippen LogP) is 1.08. The van der Waals surface area contributed by atoms with Crippen molar-refractivity contribution >= 4 is 5.95 Å². The van der Waals surface area contributed by atoms with Gasteiger partial charge in [0.25, 0.3) is 0 Å². The smallest absolute Gasteiger partial charge is 0.226 e. The van der Waals surface area contributed by atoms with Gasteiger partial charge in [-0.1, -0.05) is 6.08 Å². The molecule has 82 valence electrons. The van der Waals surface area contributed by atoms with Gasteiger partial charge in [-0.3, -0.25) is 0 Å². The van der Waals surface area contributed by atoms with Gasteiger partial charge < -0.3 is 10.0 Å². The van der Waals surface area contributed by atoms with Gasteiger partial charge in [0.15, 0.2) is 0 Å². The Morgan fingerprint density at radius 2 is 2.00 bits per heavy atom. The lowest BCUT2D eigenvalue weighted by Gasteiger charge is -2.20. The zero-order chi connectivity index (χ0) is 11.3. The number of anilines is 1. The SMILES string of the molecule is C=CCN(CCO)c1nc(C)cc(C)n1. The number of aromatic nitrogens is 2. The molecule has 4 heteroatoms.